The Morgan fingerprint density at radius 3 is 2.44 bits per heavy atom. The fraction of sp³-hybridized carbons (Fsp3) is 0.206. The van der Waals surface area contributed by atoms with Gasteiger partial charge in [0.2, 0.25) is 0 Å². The number of ketones is 1. The molecule has 3 aromatic heterocycles. The molecule has 0 bridgehead atoms. The lowest BCUT2D eigenvalue weighted by Crippen LogP contribution is -2.38. The Hall–Kier alpha value is -5.55. The van der Waals surface area contributed by atoms with Crippen molar-refractivity contribution < 1.29 is 28.9 Å². The van der Waals surface area contributed by atoms with E-state index < -0.39 is 17.5 Å². The zero-order valence-electron chi connectivity index (χ0n) is 24.6. The van der Waals surface area contributed by atoms with Crippen molar-refractivity contribution in [3.63, 3.8) is 0 Å². The van der Waals surface area contributed by atoms with Crippen LogP contribution in [0.4, 0.5) is 5.82 Å². The number of hydrogen-bond donors (Lipinski definition) is 2. The number of Topliss-reactive ketones (excluding diaryl/α,β-unsaturated/α-hetero) is 1. The van der Waals surface area contributed by atoms with E-state index in [0.717, 1.165) is 0 Å². The molecule has 0 saturated heterocycles. The molecular formula is C34H30N4O7. The van der Waals surface area contributed by atoms with Gasteiger partial charge in [0.1, 0.15) is 22.9 Å². The van der Waals surface area contributed by atoms with Crippen LogP contribution < -0.4 is 25.1 Å². The first-order chi connectivity index (χ1) is 21.9. The summed E-state index contributed by atoms with van der Waals surface area (Å²) in [6.07, 6.45) is 4.43. The molecule has 0 unspecified atom stereocenters. The molecule has 0 fully saturated rings. The van der Waals surface area contributed by atoms with E-state index >= 15 is 0 Å². The first-order valence-electron chi connectivity index (χ1n) is 14.3. The molecule has 11 nitrogen and oxygen atoms in total. The number of aliphatic hydroxyl groups is 1. The van der Waals surface area contributed by atoms with Crippen molar-refractivity contribution in [1.29, 1.82) is 0 Å². The number of nitrogens with zero attached hydrogens (tertiary/aromatic N) is 3. The van der Waals surface area contributed by atoms with Gasteiger partial charge in [0.05, 0.1) is 38.6 Å². The van der Waals surface area contributed by atoms with Gasteiger partial charge in [0.15, 0.2) is 17.3 Å². The number of methoxy groups -OCH3 is 2. The predicted molar refractivity (Wildman–Crippen MR) is 167 cm³/mol. The third kappa shape index (κ3) is 5.73. The molecule has 0 saturated carbocycles. The summed E-state index contributed by atoms with van der Waals surface area (Å²) in [4.78, 5) is 48.9. The highest BCUT2D eigenvalue weighted by molar-refractivity contribution is 6.06. The average molecular weight is 607 g/mol. The minimum absolute atomic E-state index is 0.150. The van der Waals surface area contributed by atoms with Crippen molar-refractivity contribution in [2.45, 2.75) is 25.3 Å². The third-order valence-electron chi connectivity index (χ3n) is 7.78. The Morgan fingerprint density at radius 1 is 0.956 bits per heavy atom. The predicted octanol–water partition coefficient (Wildman–Crippen LogP) is 4.95. The second kappa shape index (κ2) is 12.6. The quantitative estimate of drug-likeness (QED) is 0.238. The lowest BCUT2D eigenvalue weighted by molar-refractivity contribution is 0.0969. The number of nitrogens with one attached hydrogen (secondary N) is 1. The van der Waals surface area contributed by atoms with E-state index in [9.17, 15) is 19.5 Å². The Balaban J connectivity index is 1.28. The summed E-state index contributed by atoms with van der Waals surface area (Å²) in [7, 11) is 3.09. The van der Waals surface area contributed by atoms with Gasteiger partial charge in [-0.15, -0.1) is 0 Å². The number of benzene rings is 2. The Kier molecular flexibility index (Phi) is 8.26. The number of aromatic nitrogens is 3. The largest absolute Gasteiger partial charge is 0.493 e. The third-order valence-corrected chi connectivity index (χ3v) is 7.78. The normalized spacial score (nSPS) is 13.2. The number of hydrogen-bond acceptors (Lipinski definition) is 9. The standard InChI is InChI=1S/C34H30N4O7/c1-43-30-16-22-25(17-31(30)44-2)35-14-13-29(22)45-21-11-12-32(36-18-21)37-33(41)24-15-23-26(9-6-10-28(23)40)38(34(24)42)27(19-39)20-7-4-3-5-8-20/h3-5,7-8,11-18,27,39H,6,9-10,19H2,1-2H3,(H,36,37,41)/t27-/m0/s1. The maximum absolute atomic E-state index is 13.8. The number of pyridine rings is 3. The minimum Gasteiger partial charge on any atom is -0.493 e. The van der Waals surface area contributed by atoms with Gasteiger partial charge in [-0.2, -0.15) is 0 Å². The first-order valence-corrected chi connectivity index (χ1v) is 14.3. The Labute approximate surface area is 258 Å². The molecule has 0 aliphatic heterocycles. The summed E-state index contributed by atoms with van der Waals surface area (Å²) in [5.41, 5.74) is 1.36. The number of rotatable bonds is 9. The van der Waals surface area contributed by atoms with Gasteiger partial charge in [-0.1, -0.05) is 30.3 Å². The van der Waals surface area contributed by atoms with Crippen LogP contribution in [0, 0.1) is 0 Å². The SMILES string of the molecule is COc1cc2nccc(Oc3ccc(NC(=O)c4cc5c(n([C@@H](CO)c6ccccc6)c4=O)CCCC5=O)nc3)c2cc1OC. The van der Waals surface area contributed by atoms with Crippen molar-refractivity contribution in [3.05, 3.63) is 112 Å². The van der Waals surface area contributed by atoms with E-state index in [1.54, 1.807) is 75.0 Å². The molecule has 1 aliphatic rings. The van der Waals surface area contributed by atoms with Crippen LogP contribution in [0.1, 0.15) is 50.9 Å². The fourth-order valence-electron chi connectivity index (χ4n) is 5.58. The Morgan fingerprint density at radius 2 is 1.73 bits per heavy atom. The second-order valence-corrected chi connectivity index (χ2v) is 10.4. The average Bonchev–Trinajstić information content (AvgIpc) is 3.07. The van der Waals surface area contributed by atoms with E-state index in [0.29, 0.717) is 70.0 Å². The molecule has 228 valence electrons. The molecule has 0 radical (unpaired) electrons. The monoisotopic (exact) mass is 606 g/mol. The number of fused-ring (bicyclic) bond motifs is 2. The summed E-state index contributed by atoms with van der Waals surface area (Å²) < 4.78 is 18.2. The number of carbonyl (C=O) groups excluding carboxylic acids is 2. The van der Waals surface area contributed by atoms with Gasteiger partial charge < -0.3 is 29.2 Å². The molecule has 1 aliphatic carbocycles. The van der Waals surface area contributed by atoms with Crippen molar-refractivity contribution in [2.75, 3.05) is 26.1 Å². The fourth-order valence-corrected chi connectivity index (χ4v) is 5.58. The molecule has 3 heterocycles. The topological polar surface area (TPSA) is 142 Å². The number of carbonyl (C=O) groups is 2. The summed E-state index contributed by atoms with van der Waals surface area (Å²) >= 11 is 0. The van der Waals surface area contributed by atoms with Crippen LogP contribution in [0.25, 0.3) is 10.9 Å². The van der Waals surface area contributed by atoms with Crippen molar-refractivity contribution in [1.82, 2.24) is 14.5 Å². The number of anilines is 1. The van der Waals surface area contributed by atoms with E-state index in [4.69, 9.17) is 14.2 Å². The Bertz CT molecular complexity index is 1960. The highest BCUT2D eigenvalue weighted by atomic mass is 16.5. The maximum atomic E-state index is 13.8. The van der Waals surface area contributed by atoms with Crippen LogP contribution in [0.3, 0.4) is 0 Å². The van der Waals surface area contributed by atoms with Crippen molar-refractivity contribution in [3.8, 4) is 23.0 Å². The molecule has 2 aromatic carbocycles. The van der Waals surface area contributed by atoms with Gasteiger partial charge in [-0.3, -0.25) is 19.4 Å². The molecule has 1 atom stereocenters. The zero-order chi connectivity index (χ0) is 31.5. The highest BCUT2D eigenvalue weighted by Crippen LogP contribution is 2.37. The van der Waals surface area contributed by atoms with E-state index in [2.05, 4.69) is 15.3 Å². The van der Waals surface area contributed by atoms with Gasteiger partial charge in [0.25, 0.3) is 11.5 Å². The van der Waals surface area contributed by atoms with Gasteiger partial charge in [0, 0.05) is 35.3 Å². The molecule has 5 aromatic rings. The van der Waals surface area contributed by atoms with Gasteiger partial charge in [-0.25, -0.2) is 4.98 Å². The summed E-state index contributed by atoms with van der Waals surface area (Å²) in [6, 6.07) is 18.1. The number of ether oxygens (including phenoxy) is 3. The zero-order valence-corrected chi connectivity index (χ0v) is 24.6. The smallest absolute Gasteiger partial charge is 0.264 e. The van der Waals surface area contributed by atoms with E-state index in [-0.39, 0.29) is 23.8 Å². The van der Waals surface area contributed by atoms with Gasteiger partial charge in [-0.05, 0) is 48.7 Å². The molecular weight excluding hydrogens is 576 g/mol. The van der Waals surface area contributed by atoms with Crippen LogP contribution >= 0.6 is 0 Å². The number of amides is 1. The van der Waals surface area contributed by atoms with E-state index in [1.165, 1.54) is 16.8 Å². The highest BCUT2D eigenvalue weighted by Gasteiger charge is 2.29. The van der Waals surface area contributed by atoms with Crippen LogP contribution in [0.15, 0.2) is 83.9 Å². The van der Waals surface area contributed by atoms with E-state index in [1.807, 2.05) is 6.07 Å². The summed E-state index contributed by atoms with van der Waals surface area (Å²) in [5.74, 6) is 1.27. The van der Waals surface area contributed by atoms with Gasteiger partial charge >= 0.3 is 0 Å². The first kappa shape index (κ1) is 29.5. The summed E-state index contributed by atoms with van der Waals surface area (Å²) in [5, 5.41) is 13.7. The lowest BCUT2D eigenvalue weighted by atomic mass is 9.92. The molecule has 1 amide bonds. The minimum atomic E-state index is -0.758. The van der Waals surface area contributed by atoms with Crippen LogP contribution in [0.5, 0.6) is 23.0 Å². The molecule has 45 heavy (non-hydrogen) atoms. The van der Waals surface area contributed by atoms with Crippen LogP contribution in [0.2, 0.25) is 0 Å². The van der Waals surface area contributed by atoms with Crippen molar-refractivity contribution in [2.24, 2.45) is 0 Å². The number of aliphatic hydroxyl groups excluding tert-OH is 1. The molecule has 2 N–H and O–H groups in total. The lowest BCUT2D eigenvalue weighted by Gasteiger charge is -2.27. The second-order valence-electron chi connectivity index (χ2n) is 10.4. The molecule has 6 rings (SSSR count). The maximum Gasteiger partial charge on any atom is 0.264 e. The molecule has 11 heteroatoms. The van der Waals surface area contributed by atoms with Crippen LogP contribution in [-0.2, 0) is 6.42 Å². The van der Waals surface area contributed by atoms with Crippen LogP contribution in [-0.4, -0.2) is 52.2 Å². The van der Waals surface area contributed by atoms with Crippen molar-refractivity contribution >= 4 is 28.4 Å². The molecule has 0 spiro atoms. The summed E-state index contributed by atoms with van der Waals surface area (Å²) in [6.45, 7) is -0.383.